The quantitative estimate of drug-likeness (QED) is 0.538. The van der Waals surface area contributed by atoms with Crippen LogP contribution in [0.2, 0.25) is 0 Å². The summed E-state index contributed by atoms with van der Waals surface area (Å²) in [5.41, 5.74) is 0.660. The van der Waals surface area contributed by atoms with Gasteiger partial charge in [0, 0.05) is 19.1 Å². The Morgan fingerprint density at radius 1 is 1.50 bits per heavy atom. The first-order chi connectivity index (χ1) is 8.77. The highest BCUT2D eigenvalue weighted by Gasteiger charge is 2.40. The highest BCUT2D eigenvalue weighted by molar-refractivity contribution is 5.50. The predicted molar refractivity (Wildman–Crippen MR) is 60.9 cm³/mol. The summed E-state index contributed by atoms with van der Waals surface area (Å²) in [7, 11) is 0. The Bertz CT molecular complexity index is 384. The van der Waals surface area contributed by atoms with E-state index in [1.165, 1.54) is 0 Å². The summed E-state index contributed by atoms with van der Waals surface area (Å²) < 4.78 is 21.5. The van der Waals surface area contributed by atoms with Gasteiger partial charge in [0.05, 0.1) is 13.2 Å². The van der Waals surface area contributed by atoms with Crippen LogP contribution in [0.5, 0.6) is 0 Å². The second kappa shape index (κ2) is 6.08. The molecule has 0 N–H and O–H groups in total. The third-order valence-corrected chi connectivity index (χ3v) is 2.75. The first kappa shape index (κ1) is 13.2. The molecule has 6 heteroatoms. The number of carbonyl (C=O) groups excluding carboxylic acids is 1. The first-order valence-electron chi connectivity index (χ1n) is 6.00. The van der Waals surface area contributed by atoms with Crippen LogP contribution < -0.4 is 0 Å². The molecular weight excluding hydrogens is 238 g/mol. The minimum Gasteiger partial charge on any atom is -0.374 e. The number of aryl methyl sites for hydroxylation is 1. The lowest BCUT2D eigenvalue weighted by Crippen LogP contribution is -2.28. The van der Waals surface area contributed by atoms with Crippen molar-refractivity contribution >= 4 is 6.29 Å². The van der Waals surface area contributed by atoms with Gasteiger partial charge in [0.25, 0.3) is 0 Å². The van der Waals surface area contributed by atoms with E-state index in [9.17, 15) is 4.79 Å². The van der Waals surface area contributed by atoms with Crippen molar-refractivity contribution < 1.29 is 23.5 Å². The monoisotopic (exact) mass is 255 g/mol. The third kappa shape index (κ3) is 2.95. The molecule has 0 amide bonds. The van der Waals surface area contributed by atoms with E-state index in [0.29, 0.717) is 31.9 Å². The molecule has 0 spiro atoms. The standard InChI is InChI=1S/C12H17NO5/c1-10-9-11(13-18-10)12(16-7-8-17-12)3-2-5-15-6-4-14/h4,9H,2-3,5-8H2,1H3. The fraction of sp³-hybridized carbons (Fsp3) is 0.667. The largest absolute Gasteiger partial charge is 0.374 e. The van der Waals surface area contributed by atoms with Crippen LogP contribution in [0.25, 0.3) is 0 Å². The lowest BCUT2D eigenvalue weighted by Gasteiger charge is -2.24. The number of hydrogen-bond donors (Lipinski definition) is 0. The molecule has 2 rings (SSSR count). The molecule has 0 unspecified atom stereocenters. The van der Waals surface area contributed by atoms with Gasteiger partial charge in [-0.15, -0.1) is 0 Å². The molecule has 100 valence electrons. The van der Waals surface area contributed by atoms with Crippen LogP contribution in [0, 0.1) is 6.92 Å². The molecule has 0 aromatic carbocycles. The summed E-state index contributed by atoms with van der Waals surface area (Å²) in [6.45, 7) is 3.52. The normalized spacial score (nSPS) is 18.1. The molecule has 2 heterocycles. The first-order valence-corrected chi connectivity index (χ1v) is 6.00. The van der Waals surface area contributed by atoms with Crippen LogP contribution in [0.4, 0.5) is 0 Å². The Morgan fingerprint density at radius 2 is 2.28 bits per heavy atom. The van der Waals surface area contributed by atoms with Crippen molar-refractivity contribution in [1.29, 1.82) is 0 Å². The van der Waals surface area contributed by atoms with Crippen LogP contribution >= 0.6 is 0 Å². The van der Waals surface area contributed by atoms with Gasteiger partial charge in [-0.2, -0.15) is 0 Å². The highest BCUT2D eigenvalue weighted by atomic mass is 16.7. The summed E-state index contributed by atoms with van der Waals surface area (Å²) in [5.74, 6) is -0.0943. The third-order valence-electron chi connectivity index (χ3n) is 2.75. The molecule has 0 saturated carbocycles. The van der Waals surface area contributed by atoms with Gasteiger partial charge in [0.15, 0.2) is 0 Å². The molecule has 1 aromatic heterocycles. The number of nitrogens with zero attached hydrogens (tertiary/aromatic N) is 1. The summed E-state index contributed by atoms with van der Waals surface area (Å²) in [6, 6.07) is 1.82. The van der Waals surface area contributed by atoms with E-state index in [1.54, 1.807) is 0 Å². The van der Waals surface area contributed by atoms with Gasteiger partial charge in [-0.1, -0.05) is 5.16 Å². The van der Waals surface area contributed by atoms with E-state index in [1.807, 2.05) is 13.0 Å². The molecule has 1 aliphatic rings. The zero-order chi connectivity index (χ0) is 12.8. The Kier molecular flexibility index (Phi) is 4.46. The number of aldehydes is 1. The topological polar surface area (TPSA) is 70.8 Å². The van der Waals surface area contributed by atoms with Crippen molar-refractivity contribution in [2.75, 3.05) is 26.4 Å². The van der Waals surface area contributed by atoms with Gasteiger partial charge in [-0.3, -0.25) is 0 Å². The number of ether oxygens (including phenoxy) is 3. The van der Waals surface area contributed by atoms with Gasteiger partial charge in [-0.05, 0) is 13.3 Å². The van der Waals surface area contributed by atoms with E-state index < -0.39 is 5.79 Å². The molecule has 1 saturated heterocycles. The van der Waals surface area contributed by atoms with Gasteiger partial charge in [-0.25, -0.2) is 0 Å². The Hall–Kier alpha value is -1.24. The zero-order valence-electron chi connectivity index (χ0n) is 10.4. The van der Waals surface area contributed by atoms with Crippen molar-refractivity contribution in [3.63, 3.8) is 0 Å². The van der Waals surface area contributed by atoms with Crippen LogP contribution in [-0.4, -0.2) is 37.9 Å². The predicted octanol–water partition coefficient (Wildman–Crippen LogP) is 1.18. The molecule has 1 fully saturated rings. The number of carbonyl (C=O) groups is 1. The molecule has 0 atom stereocenters. The van der Waals surface area contributed by atoms with E-state index in [0.717, 1.165) is 18.5 Å². The van der Waals surface area contributed by atoms with Crippen molar-refractivity contribution in [2.24, 2.45) is 0 Å². The summed E-state index contributed by atoms with van der Waals surface area (Å²) >= 11 is 0. The SMILES string of the molecule is Cc1cc(C2(CCCOCC=O)OCCO2)no1. The average Bonchev–Trinajstić information content (AvgIpc) is 2.99. The number of aromatic nitrogens is 1. The maximum absolute atomic E-state index is 10.1. The van der Waals surface area contributed by atoms with E-state index in [4.69, 9.17) is 18.7 Å². The molecular formula is C12H17NO5. The Labute approximate surface area is 105 Å². The summed E-state index contributed by atoms with van der Waals surface area (Å²) in [4.78, 5) is 10.1. The second-order valence-electron chi connectivity index (χ2n) is 4.12. The molecule has 0 aliphatic carbocycles. The molecule has 0 radical (unpaired) electrons. The second-order valence-corrected chi connectivity index (χ2v) is 4.12. The van der Waals surface area contributed by atoms with Crippen molar-refractivity contribution in [3.8, 4) is 0 Å². The van der Waals surface area contributed by atoms with Crippen LogP contribution in [0.3, 0.4) is 0 Å². The van der Waals surface area contributed by atoms with Gasteiger partial charge < -0.3 is 23.5 Å². The average molecular weight is 255 g/mol. The number of rotatable bonds is 7. The maximum Gasteiger partial charge on any atom is 0.216 e. The molecule has 0 bridgehead atoms. The van der Waals surface area contributed by atoms with E-state index in [2.05, 4.69) is 5.16 Å². The van der Waals surface area contributed by atoms with E-state index in [-0.39, 0.29) is 6.61 Å². The zero-order valence-corrected chi connectivity index (χ0v) is 10.4. The van der Waals surface area contributed by atoms with Crippen LogP contribution in [0.1, 0.15) is 24.3 Å². The lowest BCUT2D eigenvalue weighted by molar-refractivity contribution is -0.177. The van der Waals surface area contributed by atoms with Gasteiger partial charge in [0.2, 0.25) is 5.79 Å². The number of hydrogen-bond acceptors (Lipinski definition) is 6. The maximum atomic E-state index is 10.1. The molecule has 6 nitrogen and oxygen atoms in total. The fourth-order valence-electron chi connectivity index (χ4n) is 1.96. The van der Waals surface area contributed by atoms with E-state index >= 15 is 0 Å². The van der Waals surface area contributed by atoms with Crippen LogP contribution in [0.15, 0.2) is 10.6 Å². The van der Waals surface area contributed by atoms with Crippen molar-refractivity contribution in [1.82, 2.24) is 5.16 Å². The summed E-state index contributed by atoms with van der Waals surface area (Å²) in [5, 5.41) is 3.96. The Morgan fingerprint density at radius 3 is 2.89 bits per heavy atom. The fourth-order valence-corrected chi connectivity index (χ4v) is 1.96. The minimum absolute atomic E-state index is 0.123. The smallest absolute Gasteiger partial charge is 0.216 e. The summed E-state index contributed by atoms with van der Waals surface area (Å²) in [6.07, 6.45) is 2.08. The van der Waals surface area contributed by atoms with Crippen molar-refractivity contribution in [3.05, 3.63) is 17.5 Å². The minimum atomic E-state index is -0.817. The van der Waals surface area contributed by atoms with Crippen molar-refractivity contribution in [2.45, 2.75) is 25.6 Å². The lowest BCUT2D eigenvalue weighted by atomic mass is 10.1. The Balaban J connectivity index is 1.93. The molecule has 18 heavy (non-hydrogen) atoms. The highest BCUT2D eigenvalue weighted by Crippen LogP contribution is 2.35. The molecule has 1 aliphatic heterocycles. The van der Waals surface area contributed by atoms with Crippen LogP contribution in [-0.2, 0) is 24.8 Å². The van der Waals surface area contributed by atoms with Gasteiger partial charge >= 0.3 is 0 Å². The molecule has 1 aromatic rings. The van der Waals surface area contributed by atoms with Gasteiger partial charge in [0.1, 0.15) is 24.3 Å².